The Morgan fingerprint density at radius 2 is 2.06 bits per heavy atom. The van der Waals surface area contributed by atoms with Gasteiger partial charge in [-0.05, 0) is 48.4 Å². The van der Waals surface area contributed by atoms with Gasteiger partial charge in [0.05, 0.1) is 18.5 Å². The van der Waals surface area contributed by atoms with E-state index >= 15 is 0 Å². The summed E-state index contributed by atoms with van der Waals surface area (Å²) in [5.41, 5.74) is 4.09. The number of carbonyl (C=O) groups is 1. The third-order valence-corrected chi connectivity index (χ3v) is 6.06. The van der Waals surface area contributed by atoms with Crippen LogP contribution < -0.4 is 5.32 Å². The summed E-state index contributed by atoms with van der Waals surface area (Å²) in [7, 11) is -2.86. The minimum absolute atomic E-state index is 0.0226. The molecule has 0 fully saturated rings. The predicted octanol–water partition coefficient (Wildman–Crippen LogP) is 4.12. The Balaban J connectivity index is 2.15. The lowest BCUT2D eigenvalue weighted by Gasteiger charge is -2.15. The van der Waals surface area contributed by atoms with Crippen molar-refractivity contribution in [2.75, 3.05) is 26.9 Å². The van der Waals surface area contributed by atoms with Crippen LogP contribution in [-0.4, -0.2) is 47.8 Å². The van der Waals surface area contributed by atoms with Crippen LogP contribution in [0.15, 0.2) is 55.3 Å². The van der Waals surface area contributed by atoms with Crippen LogP contribution in [-0.2, 0) is 31.2 Å². The average molecular weight is 489 g/mol. The van der Waals surface area contributed by atoms with E-state index in [0.717, 1.165) is 40.3 Å². The first-order valence-electron chi connectivity index (χ1n) is 11.1. The van der Waals surface area contributed by atoms with Crippen LogP contribution in [0.1, 0.15) is 36.5 Å². The number of hydrogen-bond acceptors (Lipinski definition) is 6. The normalized spacial score (nSPS) is 13.5. The van der Waals surface area contributed by atoms with Crippen molar-refractivity contribution in [2.45, 2.75) is 32.6 Å². The lowest BCUT2D eigenvalue weighted by atomic mass is 9.93. The van der Waals surface area contributed by atoms with Crippen molar-refractivity contribution in [3.8, 4) is 0 Å². The zero-order chi connectivity index (χ0) is 25.0. The molecule has 0 spiro atoms. The Kier molecular flexibility index (Phi) is 11.3. The minimum atomic E-state index is -3.97. The Morgan fingerprint density at radius 1 is 1.26 bits per heavy atom. The lowest BCUT2D eigenvalue weighted by Crippen LogP contribution is -2.26. The Bertz CT molecular complexity index is 1100. The molecule has 0 saturated heterocycles. The van der Waals surface area contributed by atoms with Crippen molar-refractivity contribution in [1.82, 2.24) is 10.3 Å². The number of para-hydroxylation sites is 1. The molecule has 0 aliphatic rings. The molecule has 0 bridgehead atoms. The average Bonchev–Trinajstić information content (AvgIpc) is 2.81. The highest BCUT2D eigenvalue weighted by atomic mass is 31.2. The number of phosphoric ester groups is 1. The number of phosphoric acid groups is 1. The van der Waals surface area contributed by atoms with Crippen LogP contribution in [0.4, 0.5) is 0 Å². The summed E-state index contributed by atoms with van der Waals surface area (Å²) in [6.07, 6.45) is 11.0. The number of benzene rings is 1. The number of allylic oxidation sites excluding steroid dienone is 5. The summed E-state index contributed by atoms with van der Waals surface area (Å²) in [5.74, 6) is -0.162. The summed E-state index contributed by atoms with van der Waals surface area (Å²) in [6.45, 7) is 6.63. The van der Waals surface area contributed by atoms with Crippen LogP contribution in [0.3, 0.4) is 0 Å². The van der Waals surface area contributed by atoms with Crippen molar-refractivity contribution in [3.05, 3.63) is 72.0 Å². The van der Waals surface area contributed by atoms with Gasteiger partial charge in [-0.3, -0.25) is 18.8 Å². The molecule has 3 N–H and O–H groups in total. The number of pyridine rings is 1. The van der Waals surface area contributed by atoms with E-state index in [4.69, 9.17) is 4.52 Å². The van der Waals surface area contributed by atoms with Crippen molar-refractivity contribution in [1.29, 1.82) is 0 Å². The fourth-order valence-electron chi connectivity index (χ4n) is 3.45. The van der Waals surface area contributed by atoms with E-state index in [0.29, 0.717) is 25.8 Å². The fourth-order valence-corrected chi connectivity index (χ4v) is 3.92. The molecule has 1 aromatic carbocycles. The van der Waals surface area contributed by atoms with E-state index in [1.165, 1.54) is 0 Å². The maximum atomic E-state index is 12.6. The van der Waals surface area contributed by atoms with Crippen molar-refractivity contribution in [3.63, 3.8) is 0 Å². The van der Waals surface area contributed by atoms with E-state index in [1.807, 2.05) is 49.4 Å². The van der Waals surface area contributed by atoms with Gasteiger partial charge in [-0.1, -0.05) is 49.1 Å². The third kappa shape index (κ3) is 8.31. The molecule has 1 unspecified atom stereocenters. The second kappa shape index (κ2) is 13.9. The number of nitrogens with zero attached hydrogens (tertiary/aromatic N) is 1. The van der Waals surface area contributed by atoms with Crippen LogP contribution in [0.5, 0.6) is 0 Å². The number of aromatic nitrogens is 1. The zero-order valence-corrected chi connectivity index (χ0v) is 20.6. The highest BCUT2D eigenvalue weighted by Gasteiger charge is 2.18. The molecule has 0 radical (unpaired) electrons. The van der Waals surface area contributed by atoms with E-state index in [1.54, 1.807) is 6.20 Å². The highest BCUT2D eigenvalue weighted by Crippen LogP contribution is 2.41. The number of carbonyl (C=O) groups excluding carboxylic acids is 1. The number of aliphatic hydroxyl groups is 1. The molecule has 0 aliphatic heterocycles. The van der Waals surface area contributed by atoms with Crippen molar-refractivity contribution >= 4 is 30.2 Å². The molecule has 34 heavy (non-hydrogen) atoms. The molecule has 184 valence electrons. The standard InChI is InChI=1S/C25H33N2O6P/c1-4-5-6-10-19(2)24-21(18-27-25-20(13-15-28)11-9-12-22(24)25)17-23(29)26-14-7-8-16-33-34(30,31)32-3/h4-6,9-12,18,28H,2,7-8,13-17H2,1,3H3,(H,26,29)(H,30,31)/b5-4-,10-6-. The lowest BCUT2D eigenvalue weighted by molar-refractivity contribution is -0.120. The van der Waals surface area contributed by atoms with Crippen molar-refractivity contribution in [2.24, 2.45) is 0 Å². The van der Waals surface area contributed by atoms with Gasteiger partial charge < -0.3 is 15.3 Å². The van der Waals surface area contributed by atoms with Gasteiger partial charge in [-0.2, -0.15) is 0 Å². The molecule has 9 heteroatoms. The Hall–Kier alpha value is -2.61. The van der Waals surface area contributed by atoms with E-state index in [2.05, 4.69) is 21.4 Å². The molecule has 1 atom stereocenters. The first kappa shape index (κ1) is 27.6. The Labute approximate surface area is 200 Å². The molecule has 2 aromatic rings. The fraction of sp³-hybridized carbons (Fsp3) is 0.360. The molecule has 8 nitrogen and oxygen atoms in total. The summed E-state index contributed by atoms with van der Waals surface area (Å²) < 4.78 is 20.4. The van der Waals surface area contributed by atoms with Gasteiger partial charge in [-0.25, -0.2) is 4.57 Å². The van der Waals surface area contributed by atoms with Gasteiger partial charge in [0.1, 0.15) is 0 Å². The van der Waals surface area contributed by atoms with Crippen LogP contribution in [0.2, 0.25) is 0 Å². The molecular weight excluding hydrogens is 455 g/mol. The number of unbranched alkanes of at least 4 members (excludes halogenated alkanes) is 1. The summed E-state index contributed by atoms with van der Waals surface area (Å²) in [4.78, 5) is 26.4. The molecule has 2 rings (SSSR count). The summed E-state index contributed by atoms with van der Waals surface area (Å²) in [5, 5.41) is 13.2. The quantitative estimate of drug-likeness (QED) is 0.208. The summed E-state index contributed by atoms with van der Waals surface area (Å²) >= 11 is 0. The second-order valence-electron chi connectivity index (χ2n) is 7.57. The minimum Gasteiger partial charge on any atom is -0.396 e. The van der Waals surface area contributed by atoms with Crippen LogP contribution >= 0.6 is 7.82 Å². The molecule has 1 amide bonds. The van der Waals surface area contributed by atoms with Crippen molar-refractivity contribution < 1.29 is 28.4 Å². The Morgan fingerprint density at radius 3 is 2.76 bits per heavy atom. The largest absolute Gasteiger partial charge is 0.471 e. The highest BCUT2D eigenvalue weighted by molar-refractivity contribution is 7.47. The topological polar surface area (TPSA) is 118 Å². The van der Waals surface area contributed by atoms with E-state index in [-0.39, 0.29) is 25.5 Å². The third-order valence-electron chi connectivity index (χ3n) is 5.09. The smallest absolute Gasteiger partial charge is 0.396 e. The number of amides is 1. The van der Waals surface area contributed by atoms with Crippen LogP contribution in [0.25, 0.3) is 16.5 Å². The maximum absolute atomic E-state index is 12.6. The molecule has 1 heterocycles. The van der Waals surface area contributed by atoms with E-state index < -0.39 is 7.82 Å². The molecule has 0 aliphatic carbocycles. The SMILES string of the molecule is C=C(/C=C\C=C/C)c1c(CC(=O)NCCCCOP(=O)(O)OC)cnc2c(CCO)cccc12. The van der Waals surface area contributed by atoms with Crippen LogP contribution in [0, 0.1) is 0 Å². The van der Waals surface area contributed by atoms with Gasteiger partial charge in [0.25, 0.3) is 0 Å². The summed E-state index contributed by atoms with van der Waals surface area (Å²) in [6, 6.07) is 5.81. The number of aliphatic hydroxyl groups excluding tert-OH is 1. The number of rotatable bonds is 14. The monoisotopic (exact) mass is 488 g/mol. The van der Waals surface area contributed by atoms with E-state index in [9.17, 15) is 19.4 Å². The van der Waals surface area contributed by atoms with Gasteiger partial charge in [0.15, 0.2) is 0 Å². The van der Waals surface area contributed by atoms with Gasteiger partial charge in [-0.15, -0.1) is 0 Å². The number of fused-ring (bicyclic) bond motifs is 1. The molecule has 1 aromatic heterocycles. The maximum Gasteiger partial charge on any atom is 0.471 e. The first-order valence-corrected chi connectivity index (χ1v) is 12.6. The van der Waals surface area contributed by atoms with Gasteiger partial charge in [0, 0.05) is 31.8 Å². The first-order chi connectivity index (χ1) is 16.3. The predicted molar refractivity (Wildman–Crippen MR) is 134 cm³/mol. The second-order valence-corrected chi connectivity index (χ2v) is 9.13. The van der Waals surface area contributed by atoms with Gasteiger partial charge in [0.2, 0.25) is 5.91 Å². The molecular formula is C25H33N2O6P. The number of hydrogen-bond donors (Lipinski definition) is 3. The molecule has 0 saturated carbocycles. The number of nitrogens with one attached hydrogen (secondary N) is 1. The van der Waals surface area contributed by atoms with Gasteiger partial charge >= 0.3 is 7.82 Å². The zero-order valence-electron chi connectivity index (χ0n) is 19.7.